The van der Waals surface area contributed by atoms with Gasteiger partial charge >= 0.3 is 0 Å². The number of nitrogens with zero attached hydrogens (tertiary/aromatic N) is 3. The number of hydrogen-bond donors (Lipinski definition) is 1. The van der Waals surface area contributed by atoms with Gasteiger partial charge in [-0.05, 0) is 42.7 Å². The molecule has 7 nitrogen and oxygen atoms in total. The molecule has 8 heteroatoms. The molecule has 3 heterocycles. The highest BCUT2D eigenvalue weighted by Crippen LogP contribution is 2.40. The second-order valence-corrected chi connectivity index (χ2v) is 11.2. The van der Waals surface area contributed by atoms with Gasteiger partial charge in [0.25, 0.3) is 0 Å². The van der Waals surface area contributed by atoms with Crippen molar-refractivity contribution >= 4 is 15.7 Å². The fourth-order valence-corrected chi connectivity index (χ4v) is 6.23. The number of nitrogens with one attached hydrogen (secondary N) is 1. The molecule has 1 saturated heterocycles. The maximum absolute atomic E-state index is 12.6. The van der Waals surface area contributed by atoms with E-state index in [1.807, 2.05) is 18.3 Å². The summed E-state index contributed by atoms with van der Waals surface area (Å²) in [5, 5.41) is 3.12. The van der Waals surface area contributed by atoms with Crippen molar-refractivity contribution in [2.75, 3.05) is 11.5 Å². The maximum Gasteiger partial charge on any atom is 0.220 e. The van der Waals surface area contributed by atoms with Crippen molar-refractivity contribution in [2.24, 2.45) is 11.3 Å². The van der Waals surface area contributed by atoms with Crippen molar-refractivity contribution in [1.29, 1.82) is 0 Å². The van der Waals surface area contributed by atoms with Gasteiger partial charge in [-0.1, -0.05) is 13.8 Å². The molecule has 4 rings (SSSR count). The Balaban J connectivity index is 1.53. The fourth-order valence-electron chi connectivity index (χ4n) is 4.36. The third-order valence-electron chi connectivity index (χ3n) is 5.75. The van der Waals surface area contributed by atoms with Gasteiger partial charge in [0.1, 0.15) is 0 Å². The van der Waals surface area contributed by atoms with Gasteiger partial charge in [-0.3, -0.25) is 9.78 Å². The molecular weight excluding hydrogens is 388 g/mol. The highest BCUT2D eigenvalue weighted by molar-refractivity contribution is 7.91. The molecule has 1 fully saturated rings. The van der Waals surface area contributed by atoms with Crippen molar-refractivity contribution < 1.29 is 13.2 Å². The van der Waals surface area contributed by atoms with Crippen molar-refractivity contribution in [1.82, 2.24) is 20.3 Å². The Hall–Kier alpha value is -2.35. The number of carbonyl (C=O) groups is 1. The zero-order valence-electron chi connectivity index (χ0n) is 16.8. The first-order valence-corrected chi connectivity index (χ1v) is 11.8. The van der Waals surface area contributed by atoms with Gasteiger partial charge in [-0.25, -0.2) is 18.4 Å². The molecule has 2 aliphatic rings. The lowest BCUT2D eigenvalue weighted by atomic mass is 9.74. The molecule has 154 valence electrons. The summed E-state index contributed by atoms with van der Waals surface area (Å²) in [5.74, 6) is 0.784. The van der Waals surface area contributed by atoms with Crippen molar-refractivity contribution in [2.45, 2.75) is 45.6 Å². The molecule has 0 bridgehead atoms. The van der Waals surface area contributed by atoms with Gasteiger partial charge in [0.15, 0.2) is 15.7 Å². The van der Waals surface area contributed by atoms with E-state index in [-0.39, 0.29) is 41.2 Å². The topological polar surface area (TPSA) is 102 Å². The number of amides is 1. The molecule has 2 unspecified atom stereocenters. The molecule has 2 aromatic rings. The first kappa shape index (κ1) is 19.9. The fraction of sp³-hybridized carbons (Fsp3) is 0.524. The van der Waals surface area contributed by atoms with Crippen LogP contribution in [0.4, 0.5) is 0 Å². The van der Waals surface area contributed by atoms with E-state index in [1.54, 1.807) is 12.4 Å². The molecule has 1 amide bonds. The number of sulfone groups is 1. The number of fused-ring (bicyclic) bond motifs is 1. The minimum absolute atomic E-state index is 0.00842. The number of rotatable bonds is 4. The minimum Gasteiger partial charge on any atom is -0.349 e. The Morgan fingerprint density at radius 1 is 1.28 bits per heavy atom. The van der Waals surface area contributed by atoms with Crippen molar-refractivity contribution in [3.63, 3.8) is 0 Å². The van der Waals surface area contributed by atoms with Crippen LogP contribution < -0.4 is 5.32 Å². The molecule has 2 aromatic heterocycles. The first-order valence-electron chi connectivity index (χ1n) is 9.97. The highest BCUT2D eigenvalue weighted by atomic mass is 32.2. The molecule has 2 atom stereocenters. The molecule has 0 aromatic carbocycles. The van der Waals surface area contributed by atoms with Gasteiger partial charge < -0.3 is 5.32 Å². The van der Waals surface area contributed by atoms with Gasteiger partial charge in [0.05, 0.1) is 23.2 Å². The van der Waals surface area contributed by atoms with E-state index in [0.29, 0.717) is 12.2 Å². The Bertz CT molecular complexity index is 1020. The summed E-state index contributed by atoms with van der Waals surface area (Å²) in [6.07, 6.45) is 7.69. The summed E-state index contributed by atoms with van der Waals surface area (Å²) in [4.78, 5) is 26.0. The second kappa shape index (κ2) is 7.48. The summed E-state index contributed by atoms with van der Waals surface area (Å²) >= 11 is 0. The van der Waals surface area contributed by atoms with E-state index in [1.165, 1.54) is 0 Å². The van der Waals surface area contributed by atoms with Crippen LogP contribution in [0.2, 0.25) is 0 Å². The van der Waals surface area contributed by atoms with E-state index in [4.69, 9.17) is 4.98 Å². The predicted octanol–water partition coefficient (Wildman–Crippen LogP) is 2.49. The summed E-state index contributed by atoms with van der Waals surface area (Å²) in [5.41, 5.74) is 2.81. The van der Waals surface area contributed by atoms with Crippen LogP contribution in [0.5, 0.6) is 0 Å². The molecule has 0 saturated carbocycles. The van der Waals surface area contributed by atoms with Crippen LogP contribution in [0, 0.1) is 11.3 Å². The third-order valence-corrected chi connectivity index (χ3v) is 7.59. The lowest BCUT2D eigenvalue weighted by molar-refractivity contribution is -0.122. The second-order valence-electron chi connectivity index (χ2n) is 8.97. The van der Waals surface area contributed by atoms with E-state index in [9.17, 15) is 13.2 Å². The third kappa shape index (κ3) is 4.63. The van der Waals surface area contributed by atoms with Crippen LogP contribution in [0.15, 0.2) is 30.7 Å². The lowest BCUT2D eigenvalue weighted by Gasteiger charge is -2.36. The molecule has 29 heavy (non-hydrogen) atoms. The van der Waals surface area contributed by atoms with Crippen LogP contribution in [0.25, 0.3) is 11.4 Å². The van der Waals surface area contributed by atoms with E-state index in [2.05, 4.69) is 29.1 Å². The summed E-state index contributed by atoms with van der Waals surface area (Å²) < 4.78 is 23.3. The average Bonchev–Trinajstić information content (AvgIpc) is 2.99. The summed E-state index contributed by atoms with van der Waals surface area (Å²) in [6, 6.07) is 3.60. The Morgan fingerprint density at radius 2 is 2.03 bits per heavy atom. The standard InChI is InChI=1S/C21H26N4O3S/c1-21(2)10-17(24-19(26)9-14-5-8-29(27,28)13-14)16-12-23-20(25-18(16)11-21)15-3-6-22-7-4-15/h3-4,6-7,12,14,17H,5,8-11,13H2,1-2H3,(H,24,26). The maximum atomic E-state index is 12.6. The van der Waals surface area contributed by atoms with Crippen LogP contribution in [0.1, 0.15) is 50.4 Å². The largest absolute Gasteiger partial charge is 0.349 e. The zero-order valence-corrected chi connectivity index (χ0v) is 17.6. The highest BCUT2D eigenvalue weighted by Gasteiger charge is 2.35. The van der Waals surface area contributed by atoms with Crippen LogP contribution in [0.3, 0.4) is 0 Å². The van der Waals surface area contributed by atoms with Gasteiger partial charge in [0, 0.05) is 36.1 Å². The van der Waals surface area contributed by atoms with Crippen LogP contribution >= 0.6 is 0 Å². The number of pyridine rings is 1. The monoisotopic (exact) mass is 414 g/mol. The number of aromatic nitrogens is 3. The van der Waals surface area contributed by atoms with Crippen molar-refractivity contribution in [3.8, 4) is 11.4 Å². The lowest BCUT2D eigenvalue weighted by Crippen LogP contribution is -2.37. The quantitative estimate of drug-likeness (QED) is 0.825. The minimum atomic E-state index is -2.98. The molecule has 0 spiro atoms. The summed E-state index contributed by atoms with van der Waals surface area (Å²) in [6.45, 7) is 4.35. The first-order chi connectivity index (χ1) is 13.7. The smallest absolute Gasteiger partial charge is 0.220 e. The van der Waals surface area contributed by atoms with Gasteiger partial charge in [-0.15, -0.1) is 0 Å². The van der Waals surface area contributed by atoms with Crippen molar-refractivity contribution in [3.05, 3.63) is 42.0 Å². The molecule has 1 aliphatic carbocycles. The predicted molar refractivity (Wildman–Crippen MR) is 110 cm³/mol. The average molecular weight is 415 g/mol. The van der Waals surface area contributed by atoms with E-state index in [0.717, 1.165) is 29.7 Å². The number of hydrogen-bond acceptors (Lipinski definition) is 6. The summed E-state index contributed by atoms with van der Waals surface area (Å²) in [7, 11) is -2.98. The SMILES string of the molecule is CC1(C)Cc2nc(-c3ccncc3)ncc2C(NC(=O)CC2CCS(=O)(=O)C2)C1. The normalized spacial score (nSPS) is 24.6. The molecule has 0 radical (unpaired) electrons. The van der Waals surface area contributed by atoms with E-state index < -0.39 is 9.84 Å². The molecule has 1 N–H and O–H groups in total. The van der Waals surface area contributed by atoms with Gasteiger partial charge in [-0.2, -0.15) is 0 Å². The molecular formula is C21H26N4O3S. The van der Waals surface area contributed by atoms with Crippen LogP contribution in [-0.4, -0.2) is 40.8 Å². The Kier molecular flexibility index (Phi) is 5.14. The number of carbonyl (C=O) groups excluding carboxylic acids is 1. The molecule has 1 aliphatic heterocycles. The zero-order chi connectivity index (χ0) is 20.6. The van der Waals surface area contributed by atoms with Crippen LogP contribution in [-0.2, 0) is 21.1 Å². The Morgan fingerprint density at radius 3 is 2.72 bits per heavy atom. The van der Waals surface area contributed by atoms with Gasteiger partial charge in [0.2, 0.25) is 5.91 Å². The van der Waals surface area contributed by atoms with E-state index >= 15 is 0 Å². The Labute approximate surface area is 171 Å².